The van der Waals surface area contributed by atoms with Crippen LogP contribution in [0, 0.1) is 6.92 Å². The van der Waals surface area contributed by atoms with Gasteiger partial charge in [0.05, 0.1) is 0 Å². The first-order valence-corrected chi connectivity index (χ1v) is 7.71. The molecule has 0 bridgehead atoms. The lowest BCUT2D eigenvalue weighted by Gasteiger charge is -2.27. The standard InChI is InChI=1S/C21H21N/c1-18-10-8-9-15-21(18)22(16-19-11-4-2-5-12-19)17-20-13-6-3-7-14-20/h2-15H,16-17H2,1H3. The summed E-state index contributed by atoms with van der Waals surface area (Å²) < 4.78 is 0. The van der Waals surface area contributed by atoms with E-state index in [0.717, 1.165) is 13.1 Å². The number of hydrogen-bond acceptors (Lipinski definition) is 1. The third kappa shape index (κ3) is 3.56. The van der Waals surface area contributed by atoms with Crippen molar-refractivity contribution in [1.29, 1.82) is 0 Å². The Morgan fingerprint density at radius 2 is 1.05 bits per heavy atom. The quantitative estimate of drug-likeness (QED) is 0.623. The van der Waals surface area contributed by atoms with Gasteiger partial charge in [0.25, 0.3) is 0 Å². The van der Waals surface area contributed by atoms with E-state index in [-0.39, 0.29) is 0 Å². The molecule has 3 aromatic carbocycles. The van der Waals surface area contributed by atoms with Crippen molar-refractivity contribution < 1.29 is 0 Å². The Morgan fingerprint density at radius 3 is 1.55 bits per heavy atom. The van der Waals surface area contributed by atoms with Gasteiger partial charge in [0, 0.05) is 18.8 Å². The van der Waals surface area contributed by atoms with E-state index < -0.39 is 0 Å². The summed E-state index contributed by atoms with van der Waals surface area (Å²) in [6.45, 7) is 4.01. The molecular weight excluding hydrogens is 266 g/mol. The van der Waals surface area contributed by atoms with Gasteiger partial charge < -0.3 is 4.90 Å². The Bertz CT molecular complexity index is 663. The largest absolute Gasteiger partial charge is 0.363 e. The first-order valence-electron chi connectivity index (χ1n) is 7.71. The van der Waals surface area contributed by atoms with Gasteiger partial charge in [-0.1, -0.05) is 78.9 Å². The van der Waals surface area contributed by atoms with Gasteiger partial charge in [-0.3, -0.25) is 0 Å². The highest BCUT2D eigenvalue weighted by Crippen LogP contribution is 2.23. The molecule has 0 saturated heterocycles. The molecule has 0 aliphatic carbocycles. The first kappa shape index (κ1) is 14.4. The van der Waals surface area contributed by atoms with Crippen molar-refractivity contribution >= 4 is 5.69 Å². The van der Waals surface area contributed by atoms with Crippen LogP contribution >= 0.6 is 0 Å². The van der Waals surface area contributed by atoms with Crippen LogP contribution in [0.15, 0.2) is 84.9 Å². The molecule has 0 radical (unpaired) electrons. The highest BCUT2D eigenvalue weighted by Gasteiger charge is 2.10. The molecule has 0 aliphatic rings. The summed E-state index contributed by atoms with van der Waals surface area (Å²) in [5.41, 5.74) is 5.29. The van der Waals surface area contributed by atoms with Gasteiger partial charge >= 0.3 is 0 Å². The molecule has 110 valence electrons. The Labute approximate surface area is 132 Å². The summed E-state index contributed by atoms with van der Waals surface area (Å²) in [7, 11) is 0. The third-order valence-electron chi connectivity index (χ3n) is 3.89. The van der Waals surface area contributed by atoms with Crippen LogP contribution in [0.2, 0.25) is 0 Å². The van der Waals surface area contributed by atoms with Gasteiger partial charge in [-0.05, 0) is 29.7 Å². The number of hydrogen-bond donors (Lipinski definition) is 0. The second-order valence-corrected chi connectivity index (χ2v) is 5.61. The van der Waals surface area contributed by atoms with Crippen molar-refractivity contribution in [1.82, 2.24) is 0 Å². The molecule has 0 heterocycles. The highest BCUT2D eigenvalue weighted by atomic mass is 15.1. The van der Waals surface area contributed by atoms with Gasteiger partial charge in [0.15, 0.2) is 0 Å². The molecule has 22 heavy (non-hydrogen) atoms. The van der Waals surface area contributed by atoms with Crippen molar-refractivity contribution in [2.45, 2.75) is 20.0 Å². The fraction of sp³-hybridized carbons (Fsp3) is 0.143. The van der Waals surface area contributed by atoms with Crippen molar-refractivity contribution in [3.8, 4) is 0 Å². The number of para-hydroxylation sites is 1. The molecule has 0 atom stereocenters. The number of nitrogens with zero attached hydrogens (tertiary/aromatic N) is 1. The van der Waals surface area contributed by atoms with Crippen LogP contribution in [0.1, 0.15) is 16.7 Å². The van der Waals surface area contributed by atoms with E-state index in [1.807, 2.05) is 0 Å². The van der Waals surface area contributed by atoms with E-state index in [9.17, 15) is 0 Å². The third-order valence-corrected chi connectivity index (χ3v) is 3.89. The van der Waals surface area contributed by atoms with Crippen molar-refractivity contribution in [2.75, 3.05) is 4.90 Å². The molecular formula is C21H21N. The molecule has 0 aliphatic heterocycles. The molecule has 3 aromatic rings. The highest BCUT2D eigenvalue weighted by molar-refractivity contribution is 5.53. The average molecular weight is 287 g/mol. The Morgan fingerprint density at radius 1 is 0.591 bits per heavy atom. The van der Waals surface area contributed by atoms with Crippen LogP contribution in [0.4, 0.5) is 5.69 Å². The maximum Gasteiger partial charge on any atom is 0.0433 e. The zero-order valence-electron chi connectivity index (χ0n) is 12.9. The van der Waals surface area contributed by atoms with Gasteiger partial charge in [-0.25, -0.2) is 0 Å². The van der Waals surface area contributed by atoms with Crippen LogP contribution in [0.5, 0.6) is 0 Å². The summed E-state index contributed by atoms with van der Waals surface area (Å²) in [4.78, 5) is 2.44. The van der Waals surface area contributed by atoms with Crippen LogP contribution in [-0.2, 0) is 13.1 Å². The van der Waals surface area contributed by atoms with E-state index in [4.69, 9.17) is 0 Å². The molecule has 0 aromatic heterocycles. The van der Waals surface area contributed by atoms with Gasteiger partial charge in [-0.15, -0.1) is 0 Å². The molecule has 1 nitrogen and oxygen atoms in total. The van der Waals surface area contributed by atoms with Crippen molar-refractivity contribution in [2.24, 2.45) is 0 Å². The maximum absolute atomic E-state index is 2.44. The number of benzene rings is 3. The number of rotatable bonds is 5. The van der Waals surface area contributed by atoms with Crippen LogP contribution < -0.4 is 4.90 Å². The zero-order valence-corrected chi connectivity index (χ0v) is 12.9. The molecule has 0 N–H and O–H groups in total. The van der Waals surface area contributed by atoms with Crippen molar-refractivity contribution in [3.05, 3.63) is 102 Å². The van der Waals surface area contributed by atoms with Crippen LogP contribution in [-0.4, -0.2) is 0 Å². The predicted molar refractivity (Wildman–Crippen MR) is 94.0 cm³/mol. The predicted octanol–water partition coefficient (Wildman–Crippen LogP) is 5.20. The second-order valence-electron chi connectivity index (χ2n) is 5.61. The Balaban J connectivity index is 1.90. The smallest absolute Gasteiger partial charge is 0.0433 e. The molecule has 0 fully saturated rings. The molecule has 0 unspecified atom stereocenters. The lowest BCUT2D eigenvalue weighted by molar-refractivity contribution is 0.796. The Kier molecular flexibility index (Phi) is 4.55. The van der Waals surface area contributed by atoms with Gasteiger partial charge in [-0.2, -0.15) is 0 Å². The minimum Gasteiger partial charge on any atom is -0.363 e. The Hall–Kier alpha value is -2.54. The summed E-state index contributed by atoms with van der Waals surface area (Å²) in [6.07, 6.45) is 0. The average Bonchev–Trinajstić information content (AvgIpc) is 2.57. The molecule has 0 amide bonds. The molecule has 0 saturated carbocycles. The number of aryl methyl sites for hydroxylation is 1. The lowest BCUT2D eigenvalue weighted by atomic mass is 10.1. The first-order chi connectivity index (χ1) is 10.8. The number of anilines is 1. The summed E-state index contributed by atoms with van der Waals surface area (Å²) >= 11 is 0. The normalized spacial score (nSPS) is 10.4. The summed E-state index contributed by atoms with van der Waals surface area (Å²) in [5, 5.41) is 0. The van der Waals surface area contributed by atoms with Crippen LogP contribution in [0.3, 0.4) is 0 Å². The summed E-state index contributed by atoms with van der Waals surface area (Å²) in [6, 6.07) is 29.9. The van der Waals surface area contributed by atoms with E-state index in [1.54, 1.807) is 0 Å². The topological polar surface area (TPSA) is 3.24 Å². The molecule has 0 spiro atoms. The fourth-order valence-corrected chi connectivity index (χ4v) is 2.75. The van der Waals surface area contributed by atoms with E-state index >= 15 is 0 Å². The van der Waals surface area contributed by atoms with Gasteiger partial charge in [0.1, 0.15) is 0 Å². The minimum atomic E-state index is 0.917. The fourth-order valence-electron chi connectivity index (χ4n) is 2.75. The zero-order chi connectivity index (χ0) is 15.2. The van der Waals surface area contributed by atoms with E-state index in [0.29, 0.717) is 0 Å². The summed E-state index contributed by atoms with van der Waals surface area (Å²) in [5.74, 6) is 0. The molecule has 3 rings (SSSR count). The van der Waals surface area contributed by atoms with E-state index in [1.165, 1.54) is 22.4 Å². The van der Waals surface area contributed by atoms with Gasteiger partial charge in [0.2, 0.25) is 0 Å². The van der Waals surface area contributed by atoms with Crippen molar-refractivity contribution in [3.63, 3.8) is 0 Å². The van der Waals surface area contributed by atoms with E-state index in [2.05, 4.69) is 96.8 Å². The maximum atomic E-state index is 2.44. The van der Waals surface area contributed by atoms with Crippen LogP contribution in [0.25, 0.3) is 0 Å². The second kappa shape index (κ2) is 6.95. The monoisotopic (exact) mass is 287 g/mol. The minimum absolute atomic E-state index is 0.917. The molecule has 1 heteroatoms. The SMILES string of the molecule is Cc1ccccc1N(Cc1ccccc1)Cc1ccccc1. The lowest BCUT2D eigenvalue weighted by Crippen LogP contribution is -2.22.